The fourth-order valence-corrected chi connectivity index (χ4v) is 4.71. The van der Waals surface area contributed by atoms with Gasteiger partial charge in [-0.3, -0.25) is 9.48 Å². The summed E-state index contributed by atoms with van der Waals surface area (Å²) in [5.41, 5.74) is 6.96. The van der Waals surface area contributed by atoms with Crippen molar-refractivity contribution in [1.29, 1.82) is 0 Å². The summed E-state index contributed by atoms with van der Waals surface area (Å²) in [5.74, 6) is 1.93. The zero-order valence-electron chi connectivity index (χ0n) is 17.8. The lowest BCUT2D eigenvalue weighted by molar-refractivity contribution is -0.134. The number of rotatable bonds is 4. The molecule has 0 unspecified atom stereocenters. The van der Waals surface area contributed by atoms with E-state index in [0.29, 0.717) is 13.0 Å². The predicted molar refractivity (Wildman–Crippen MR) is 124 cm³/mol. The third kappa shape index (κ3) is 4.81. The van der Waals surface area contributed by atoms with Gasteiger partial charge < -0.3 is 15.5 Å². The summed E-state index contributed by atoms with van der Waals surface area (Å²) in [6, 6.07) is 0. The van der Waals surface area contributed by atoms with Gasteiger partial charge in [0.25, 0.3) is 0 Å². The smallest absolute Gasteiger partial charge is 0.223 e. The molecular formula is C20H33Cl2N7O. The van der Waals surface area contributed by atoms with E-state index in [-0.39, 0.29) is 36.1 Å². The molecule has 168 valence electrons. The lowest BCUT2D eigenvalue weighted by atomic mass is 9.71. The van der Waals surface area contributed by atoms with Gasteiger partial charge in [0.15, 0.2) is 5.65 Å². The fourth-order valence-electron chi connectivity index (χ4n) is 4.71. The Morgan fingerprint density at radius 2 is 1.77 bits per heavy atom. The first-order valence-electron chi connectivity index (χ1n) is 10.4. The molecule has 30 heavy (non-hydrogen) atoms. The minimum absolute atomic E-state index is 0. The molecule has 0 atom stereocenters. The van der Waals surface area contributed by atoms with Crippen molar-refractivity contribution in [2.45, 2.75) is 45.4 Å². The Balaban J connectivity index is 0.00000160. The molecular weight excluding hydrogens is 425 g/mol. The molecule has 1 saturated heterocycles. The van der Waals surface area contributed by atoms with Gasteiger partial charge in [-0.15, -0.1) is 24.8 Å². The normalized spacial score (nSPS) is 18.6. The van der Waals surface area contributed by atoms with E-state index in [1.807, 2.05) is 25.1 Å². The maximum absolute atomic E-state index is 13.0. The Labute approximate surface area is 190 Å². The number of anilines is 1. The van der Waals surface area contributed by atoms with Crippen LogP contribution < -0.4 is 10.6 Å². The number of piperazine rings is 1. The average Bonchev–Trinajstić information content (AvgIpc) is 3.09. The van der Waals surface area contributed by atoms with Crippen molar-refractivity contribution in [3.63, 3.8) is 0 Å². The molecule has 1 amide bonds. The summed E-state index contributed by atoms with van der Waals surface area (Å²) in [7, 11) is 1.90. The second kappa shape index (κ2) is 10.1. The van der Waals surface area contributed by atoms with Gasteiger partial charge in [0, 0.05) is 39.6 Å². The Morgan fingerprint density at radius 3 is 2.40 bits per heavy atom. The number of nitrogens with zero attached hydrogens (tertiary/aromatic N) is 6. The van der Waals surface area contributed by atoms with Crippen molar-refractivity contribution in [2.75, 3.05) is 37.6 Å². The van der Waals surface area contributed by atoms with Crippen LogP contribution in [0, 0.1) is 12.3 Å². The highest BCUT2D eigenvalue weighted by Gasteiger charge is 2.35. The van der Waals surface area contributed by atoms with Crippen LogP contribution in [0.3, 0.4) is 0 Å². The molecule has 2 aromatic heterocycles. The Hall–Kier alpha value is -1.64. The van der Waals surface area contributed by atoms with E-state index in [2.05, 4.69) is 20.0 Å². The van der Waals surface area contributed by atoms with Crippen molar-refractivity contribution >= 4 is 47.6 Å². The second-order valence-corrected chi connectivity index (χ2v) is 8.41. The zero-order chi connectivity index (χ0) is 19.7. The van der Waals surface area contributed by atoms with Gasteiger partial charge in [-0.05, 0) is 31.7 Å². The van der Waals surface area contributed by atoms with E-state index in [1.54, 1.807) is 4.68 Å². The minimum Gasteiger partial charge on any atom is -0.352 e. The van der Waals surface area contributed by atoms with Gasteiger partial charge in [-0.25, -0.2) is 9.97 Å². The Bertz CT molecular complexity index is 858. The molecule has 0 bridgehead atoms. The number of carbonyl (C=O) groups excluding carboxylic acids is 1. The second-order valence-electron chi connectivity index (χ2n) is 8.41. The van der Waals surface area contributed by atoms with Crippen LogP contribution in [0.25, 0.3) is 11.0 Å². The van der Waals surface area contributed by atoms with Crippen molar-refractivity contribution < 1.29 is 4.79 Å². The largest absolute Gasteiger partial charge is 0.352 e. The topological polar surface area (TPSA) is 93.2 Å². The number of aromatic nitrogens is 4. The third-order valence-electron chi connectivity index (χ3n) is 6.49. The molecule has 1 aliphatic carbocycles. The van der Waals surface area contributed by atoms with E-state index in [1.165, 1.54) is 19.3 Å². The average molecular weight is 458 g/mol. The molecule has 2 N–H and O–H groups in total. The number of hydrogen-bond acceptors (Lipinski definition) is 6. The maximum Gasteiger partial charge on any atom is 0.223 e. The molecule has 10 heteroatoms. The summed E-state index contributed by atoms with van der Waals surface area (Å²) >= 11 is 0. The van der Waals surface area contributed by atoms with Gasteiger partial charge in [0.2, 0.25) is 5.91 Å². The predicted octanol–water partition coefficient (Wildman–Crippen LogP) is 2.46. The molecule has 1 aliphatic heterocycles. The van der Waals surface area contributed by atoms with Crippen LogP contribution >= 0.6 is 24.8 Å². The number of aryl methyl sites for hydroxylation is 2. The first kappa shape index (κ1) is 24.6. The number of fused-ring (bicyclic) bond motifs is 1. The van der Waals surface area contributed by atoms with Crippen molar-refractivity contribution in [3.8, 4) is 0 Å². The molecule has 0 radical (unpaired) electrons. The first-order valence-corrected chi connectivity index (χ1v) is 10.4. The number of halogens is 2. The fraction of sp³-hybridized carbons (Fsp3) is 0.700. The summed E-state index contributed by atoms with van der Waals surface area (Å²) in [6.45, 7) is 5.54. The Morgan fingerprint density at radius 1 is 1.10 bits per heavy atom. The van der Waals surface area contributed by atoms with Crippen LogP contribution in [-0.4, -0.2) is 63.3 Å². The van der Waals surface area contributed by atoms with Gasteiger partial charge in [0.1, 0.15) is 11.6 Å². The summed E-state index contributed by atoms with van der Waals surface area (Å²) < 4.78 is 1.78. The van der Waals surface area contributed by atoms with Crippen molar-refractivity contribution in [3.05, 3.63) is 12.0 Å². The molecule has 8 nitrogen and oxygen atoms in total. The van der Waals surface area contributed by atoms with Gasteiger partial charge >= 0.3 is 0 Å². The number of amides is 1. The molecule has 0 aromatic carbocycles. The van der Waals surface area contributed by atoms with Crippen LogP contribution in [0.1, 0.15) is 44.3 Å². The third-order valence-corrected chi connectivity index (χ3v) is 6.49. The first-order chi connectivity index (χ1) is 13.5. The van der Waals surface area contributed by atoms with Crippen LogP contribution in [0.5, 0.6) is 0 Å². The highest BCUT2D eigenvalue weighted by atomic mass is 35.5. The summed E-state index contributed by atoms with van der Waals surface area (Å²) in [6.07, 6.45) is 8.29. The molecule has 2 aromatic rings. The van der Waals surface area contributed by atoms with Crippen LogP contribution in [-0.2, 0) is 11.8 Å². The van der Waals surface area contributed by atoms with E-state index in [9.17, 15) is 4.79 Å². The van der Waals surface area contributed by atoms with Crippen molar-refractivity contribution in [2.24, 2.45) is 18.2 Å². The van der Waals surface area contributed by atoms with Gasteiger partial charge in [-0.2, -0.15) is 5.10 Å². The van der Waals surface area contributed by atoms with Crippen LogP contribution in [0.4, 0.5) is 5.82 Å². The zero-order valence-corrected chi connectivity index (χ0v) is 19.5. The molecule has 2 fully saturated rings. The van der Waals surface area contributed by atoms with E-state index < -0.39 is 0 Å². The molecule has 1 saturated carbocycles. The van der Waals surface area contributed by atoms with Crippen molar-refractivity contribution in [1.82, 2.24) is 24.6 Å². The lowest BCUT2D eigenvalue weighted by Crippen LogP contribution is -2.50. The summed E-state index contributed by atoms with van der Waals surface area (Å²) in [5, 5.41) is 5.30. The molecule has 2 aliphatic rings. The number of hydrogen-bond donors (Lipinski definition) is 1. The van der Waals surface area contributed by atoms with E-state index in [4.69, 9.17) is 5.73 Å². The Kier molecular flexibility index (Phi) is 8.30. The molecule has 3 heterocycles. The molecule has 0 spiro atoms. The minimum atomic E-state index is 0. The van der Waals surface area contributed by atoms with Crippen LogP contribution in [0.15, 0.2) is 6.20 Å². The lowest BCUT2D eigenvalue weighted by Gasteiger charge is -2.40. The number of nitrogens with two attached hydrogens (primary N) is 1. The van der Waals surface area contributed by atoms with E-state index >= 15 is 0 Å². The quantitative estimate of drug-likeness (QED) is 0.757. The van der Waals surface area contributed by atoms with Gasteiger partial charge in [-0.1, -0.05) is 19.3 Å². The SMILES string of the molecule is Cc1nc(N2CCN(C(=O)CC3(CN)CCCCC3)CC2)c2cnn(C)c2n1.Cl.Cl. The highest BCUT2D eigenvalue weighted by molar-refractivity contribution is 5.87. The highest BCUT2D eigenvalue weighted by Crippen LogP contribution is 2.39. The summed E-state index contributed by atoms with van der Waals surface area (Å²) in [4.78, 5) is 26.4. The standard InChI is InChI=1S/C20H31N7O.2ClH/c1-15-23-18-16(13-22-25(18)2)19(24-15)27-10-8-26(9-11-27)17(28)12-20(14-21)6-4-3-5-7-20;;/h13H,3-12,14,21H2,1-2H3;2*1H. The number of carbonyl (C=O) groups is 1. The van der Waals surface area contributed by atoms with E-state index in [0.717, 1.165) is 61.7 Å². The van der Waals surface area contributed by atoms with Crippen LogP contribution in [0.2, 0.25) is 0 Å². The van der Waals surface area contributed by atoms with Gasteiger partial charge in [0.05, 0.1) is 11.6 Å². The molecule has 4 rings (SSSR count). The monoisotopic (exact) mass is 457 g/mol. The maximum atomic E-state index is 13.0.